The van der Waals surface area contributed by atoms with Crippen LogP contribution in [0.4, 0.5) is 0 Å². The van der Waals surface area contributed by atoms with Crippen molar-refractivity contribution in [1.82, 2.24) is 14.8 Å². The van der Waals surface area contributed by atoms with E-state index in [-0.39, 0.29) is 0 Å². The van der Waals surface area contributed by atoms with E-state index in [4.69, 9.17) is 12.2 Å². The van der Waals surface area contributed by atoms with Gasteiger partial charge in [-0.15, -0.1) is 11.3 Å². The van der Waals surface area contributed by atoms with Gasteiger partial charge in [0.2, 0.25) is 0 Å². The summed E-state index contributed by atoms with van der Waals surface area (Å²) in [6.07, 6.45) is 5.43. The van der Waals surface area contributed by atoms with Crippen molar-refractivity contribution in [3.63, 3.8) is 0 Å². The van der Waals surface area contributed by atoms with Gasteiger partial charge in [-0.1, -0.05) is 0 Å². The molecule has 2 aromatic heterocycles. The summed E-state index contributed by atoms with van der Waals surface area (Å²) in [4.78, 5) is 1.51. The molecule has 78 valence electrons. The molecule has 0 aromatic carbocycles. The van der Waals surface area contributed by atoms with Gasteiger partial charge in [-0.25, -0.2) is 0 Å². The van der Waals surface area contributed by atoms with Gasteiger partial charge in [-0.2, -0.15) is 5.10 Å². The lowest BCUT2D eigenvalue weighted by atomic mass is 9.94. The first-order valence-corrected chi connectivity index (χ1v) is 6.33. The number of thiophene rings is 1. The van der Waals surface area contributed by atoms with Crippen LogP contribution in [0, 0.1) is 4.77 Å². The standard InChI is InChI=1S/C10H11N3S2/c14-10-12-11-6-13(10)8-2-1-3-9-7(8)4-5-15-9/h4-6,8H,1-3H2,(H,12,14). The van der Waals surface area contributed by atoms with Crippen molar-refractivity contribution in [3.05, 3.63) is 33.0 Å². The molecular formula is C10H11N3S2. The lowest BCUT2D eigenvalue weighted by Crippen LogP contribution is -2.14. The molecule has 1 aliphatic carbocycles. The molecule has 15 heavy (non-hydrogen) atoms. The van der Waals surface area contributed by atoms with Gasteiger partial charge in [0.1, 0.15) is 6.33 Å². The van der Waals surface area contributed by atoms with Gasteiger partial charge >= 0.3 is 0 Å². The van der Waals surface area contributed by atoms with Gasteiger partial charge in [0.05, 0.1) is 6.04 Å². The van der Waals surface area contributed by atoms with Gasteiger partial charge in [-0.3, -0.25) is 9.67 Å². The maximum atomic E-state index is 5.22. The van der Waals surface area contributed by atoms with Gasteiger partial charge in [0, 0.05) is 4.88 Å². The summed E-state index contributed by atoms with van der Waals surface area (Å²) in [7, 11) is 0. The summed E-state index contributed by atoms with van der Waals surface area (Å²) < 4.78 is 2.79. The monoisotopic (exact) mass is 237 g/mol. The summed E-state index contributed by atoms with van der Waals surface area (Å²) >= 11 is 7.07. The number of aryl methyl sites for hydroxylation is 1. The van der Waals surface area contributed by atoms with Gasteiger partial charge in [-0.05, 0) is 48.5 Å². The first-order chi connectivity index (χ1) is 7.36. The molecule has 3 nitrogen and oxygen atoms in total. The fraction of sp³-hybridized carbons (Fsp3) is 0.400. The zero-order valence-electron chi connectivity index (χ0n) is 8.14. The molecule has 0 saturated heterocycles. The highest BCUT2D eigenvalue weighted by Crippen LogP contribution is 2.35. The average molecular weight is 237 g/mol. The Morgan fingerprint density at radius 3 is 3.33 bits per heavy atom. The Bertz CT molecular complexity index is 523. The zero-order valence-corrected chi connectivity index (χ0v) is 9.77. The second-order valence-electron chi connectivity index (χ2n) is 3.78. The van der Waals surface area contributed by atoms with Crippen molar-refractivity contribution in [2.75, 3.05) is 0 Å². The molecule has 0 aliphatic heterocycles. The lowest BCUT2D eigenvalue weighted by Gasteiger charge is -2.23. The maximum Gasteiger partial charge on any atom is 0.195 e. The largest absolute Gasteiger partial charge is 0.299 e. The number of hydrogen-bond donors (Lipinski definition) is 1. The van der Waals surface area contributed by atoms with Crippen molar-refractivity contribution in [3.8, 4) is 0 Å². The SMILES string of the molecule is S=c1[nH]ncn1C1CCCc2sccc21. The first kappa shape index (κ1) is 9.30. The molecule has 0 bridgehead atoms. The van der Waals surface area contributed by atoms with E-state index in [1.807, 2.05) is 11.3 Å². The van der Waals surface area contributed by atoms with Gasteiger partial charge < -0.3 is 0 Å². The molecule has 1 N–H and O–H groups in total. The molecule has 0 amide bonds. The van der Waals surface area contributed by atoms with E-state index in [0.29, 0.717) is 6.04 Å². The molecule has 1 unspecified atom stereocenters. The van der Waals surface area contributed by atoms with Crippen LogP contribution in [-0.4, -0.2) is 14.8 Å². The van der Waals surface area contributed by atoms with Crippen molar-refractivity contribution in [2.45, 2.75) is 25.3 Å². The lowest BCUT2D eigenvalue weighted by molar-refractivity contribution is 0.489. The third-order valence-corrected chi connectivity index (χ3v) is 4.23. The summed E-state index contributed by atoms with van der Waals surface area (Å²) in [6, 6.07) is 2.62. The van der Waals surface area contributed by atoms with Crippen LogP contribution in [0.15, 0.2) is 17.8 Å². The molecule has 2 aromatic rings. The fourth-order valence-electron chi connectivity index (χ4n) is 2.23. The summed E-state index contributed by atoms with van der Waals surface area (Å²) in [5, 5.41) is 8.98. The molecule has 1 aliphatic rings. The summed E-state index contributed by atoms with van der Waals surface area (Å²) in [5.41, 5.74) is 1.43. The Balaban J connectivity index is 2.11. The molecule has 2 heterocycles. The van der Waals surface area contributed by atoms with Crippen LogP contribution in [0.1, 0.15) is 29.3 Å². The Kier molecular flexibility index (Phi) is 2.21. The molecule has 0 saturated carbocycles. The number of nitrogens with one attached hydrogen (secondary N) is 1. The number of nitrogens with zero attached hydrogens (tertiary/aromatic N) is 2. The highest BCUT2D eigenvalue weighted by atomic mass is 32.1. The van der Waals surface area contributed by atoms with Gasteiger partial charge in [0.15, 0.2) is 4.77 Å². The van der Waals surface area contributed by atoms with E-state index < -0.39 is 0 Å². The number of H-pyrrole nitrogens is 1. The molecule has 1 atom stereocenters. The quantitative estimate of drug-likeness (QED) is 0.774. The minimum atomic E-state index is 0.395. The van der Waals surface area contributed by atoms with Crippen LogP contribution in [-0.2, 0) is 6.42 Å². The maximum absolute atomic E-state index is 5.22. The molecule has 0 fully saturated rings. The van der Waals surface area contributed by atoms with Crippen LogP contribution in [0.25, 0.3) is 0 Å². The zero-order chi connectivity index (χ0) is 10.3. The van der Waals surface area contributed by atoms with E-state index in [2.05, 4.69) is 26.2 Å². The smallest absolute Gasteiger partial charge is 0.195 e. The van der Waals surface area contributed by atoms with Crippen LogP contribution in [0.2, 0.25) is 0 Å². The van der Waals surface area contributed by atoms with Crippen LogP contribution >= 0.6 is 23.6 Å². The molecule has 3 rings (SSSR count). The summed E-state index contributed by atoms with van der Waals surface area (Å²) in [6.45, 7) is 0. The Morgan fingerprint density at radius 2 is 2.53 bits per heavy atom. The van der Waals surface area contributed by atoms with Crippen molar-refractivity contribution in [2.24, 2.45) is 0 Å². The van der Waals surface area contributed by atoms with Crippen LogP contribution in [0.3, 0.4) is 0 Å². The number of fused-ring (bicyclic) bond motifs is 1. The highest BCUT2D eigenvalue weighted by molar-refractivity contribution is 7.71. The minimum Gasteiger partial charge on any atom is -0.299 e. The van der Waals surface area contributed by atoms with Crippen LogP contribution in [0.5, 0.6) is 0 Å². The van der Waals surface area contributed by atoms with Gasteiger partial charge in [0.25, 0.3) is 0 Å². The third-order valence-electron chi connectivity index (χ3n) is 2.93. The topological polar surface area (TPSA) is 33.6 Å². The Morgan fingerprint density at radius 1 is 1.60 bits per heavy atom. The van der Waals surface area contributed by atoms with E-state index in [1.54, 1.807) is 6.33 Å². The average Bonchev–Trinajstić information content (AvgIpc) is 2.85. The molecule has 5 heteroatoms. The third kappa shape index (κ3) is 1.46. The predicted octanol–water partition coefficient (Wildman–Crippen LogP) is 2.93. The predicted molar refractivity (Wildman–Crippen MR) is 62.8 cm³/mol. The Hall–Kier alpha value is -0.940. The van der Waals surface area contributed by atoms with Crippen molar-refractivity contribution in [1.29, 1.82) is 0 Å². The summed E-state index contributed by atoms with van der Waals surface area (Å²) in [5.74, 6) is 0. The molecule has 0 radical (unpaired) electrons. The normalized spacial score (nSPS) is 20.1. The van der Waals surface area contributed by atoms with Crippen LogP contribution < -0.4 is 0 Å². The van der Waals surface area contributed by atoms with E-state index in [9.17, 15) is 0 Å². The van der Waals surface area contributed by atoms with Crippen molar-refractivity contribution >= 4 is 23.6 Å². The van der Waals surface area contributed by atoms with E-state index >= 15 is 0 Å². The first-order valence-electron chi connectivity index (χ1n) is 5.04. The highest BCUT2D eigenvalue weighted by Gasteiger charge is 2.22. The Labute approximate surface area is 96.8 Å². The number of aromatic nitrogens is 3. The van der Waals surface area contributed by atoms with E-state index in [0.717, 1.165) is 11.2 Å². The number of aromatic amines is 1. The molecular weight excluding hydrogens is 226 g/mol. The second-order valence-corrected chi connectivity index (χ2v) is 5.16. The minimum absolute atomic E-state index is 0.395. The fourth-order valence-corrected chi connectivity index (χ4v) is 3.44. The van der Waals surface area contributed by atoms with Crippen molar-refractivity contribution < 1.29 is 0 Å². The van der Waals surface area contributed by atoms with E-state index in [1.165, 1.54) is 23.3 Å². The number of rotatable bonds is 1. The number of hydrogen-bond acceptors (Lipinski definition) is 3. The molecule has 0 spiro atoms. The second kappa shape index (κ2) is 3.57.